The molecule has 4 nitrogen and oxygen atoms in total. The summed E-state index contributed by atoms with van der Waals surface area (Å²) >= 11 is 6.11. The summed E-state index contributed by atoms with van der Waals surface area (Å²) < 4.78 is 0. The highest BCUT2D eigenvalue weighted by Crippen LogP contribution is 2.22. The molecule has 0 radical (unpaired) electrons. The van der Waals surface area contributed by atoms with E-state index < -0.39 is 6.04 Å². The van der Waals surface area contributed by atoms with Gasteiger partial charge in [0, 0.05) is 11.9 Å². The van der Waals surface area contributed by atoms with Crippen LogP contribution in [0.3, 0.4) is 0 Å². The standard InChI is InChI=1S/C15H21ClN2O2/c1-9(2)14(18-11(4)19)15(20)17-10(3)12-7-5-6-8-13(12)16/h5-10,14H,1-4H3,(H,17,20)(H,18,19)/t10-,14-/m1/s1. The molecule has 2 atom stereocenters. The third-order valence-corrected chi connectivity index (χ3v) is 3.38. The second-order valence-corrected chi connectivity index (χ2v) is 5.58. The van der Waals surface area contributed by atoms with Crippen molar-refractivity contribution in [1.29, 1.82) is 0 Å². The second-order valence-electron chi connectivity index (χ2n) is 5.17. The number of amides is 2. The lowest BCUT2D eigenvalue weighted by atomic mass is 10.0. The number of halogens is 1. The zero-order valence-electron chi connectivity index (χ0n) is 12.2. The summed E-state index contributed by atoms with van der Waals surface area (Å²) in [7, 11) is 0. The summed E-state index contributed by atoms with van der Waals surface area (Å²) in [5.41, 5.74) is 0.854. The minimum atomic E-state index is -0.544. The molecule has 0 heterocycles. The van der Waals surface area contributed by atoms with Crippen LogP contribution in [0.1, 0.15) is 39.3 Å². The first kappa shape index (κ1) is 16.5. The van der Waals surface area contributed by atoms with Gasteiger partial charge >= 0.3 is 0 Å². The van der Waals surface area contributed by atoms with E-state index >= 15 is 0 Å². The third kappa shape index (κ3) is 4.53. The van der Waals surface area contributed by atoms with Crippen LogP contribution in [0, 0.1) is 5.92 Å². The number of nitrogens with one attached hydrogen (secondary N) is 2. The topological polar surface area (TPSA) is 58.2 Å². The fraction of sp³-hybridized carbons (Fsp3) is 0.467. The summed E-state index contributed by atoms with van der Waals surface area (Å²) in [5.74, 6) is -0.413. The number of carbonyl (C=O) groups excluding carboxylic acids is 2. The van der Waals surface area contributed by atoms with Gasteiger partial charge in [-0.15, -0.1) is 0 Å². The zero-order chi connectivity index (χ0) is 15.3. The van der Waals surface area contributed by atoms with Gasteiger partial charge in [0.2, 0.25) is 11.8 Å². The van der Waals surface area contributed by atoms with Crippen molar-refractivity contribution in [2.75, 3.05) is 0 Å². The molecule has 0 fully saturated rings. The van der Waals surface area contributed by atoms with E-state index in [9.17, 15) is 9.59 Å². The average Bonchev–Trinajstić information content (AvgIpc) is 2.35. The summed E-state index contributed by atoms with van der Waals surface area (Å²) in [4.78, 5) is 23.4. The van der Waals surface area contributed by atoms with Crippen LogP contribution >= 0.6 is 11.6 Å². The molecule has 0 spiro atoms. The van der Waals surface area contributed by atoms with Crippen molar-refractivity contribution in [3.8, 4) is 0 Å². The van der Waals surface area contributed by atoms with E-state index in [2.05, 4.69) is 10.6 Å². The van der Waals surface area contributed by atoms with Gasteiger partial charge in [0.05, 0.1) is 6.04 Å². The molecule has 0 bridgehead atoms. The van der Waals surface area contributed by atoms with Gasteiger partial charge in [0.25, 0.3) is 0 Å². The minimum Gasteiger partial charge on any atom is -0.348 e. The van der Waals surface area contributed by atoms with Crippen LogP contribution in [-0.4, -0.2) is 17.9 Å². The van der Waals surface area contributed by atoms with Crippen LogP contribution < -0.4 is 10.6 Å². The van der Waals surface area contributed by atoms with Crippen molar-refractivity contribution in [2.24, 2.45) is 5.92 Å². The van der Waals surface area contributed by atoms with Crippen molar-refractivity contribution in [1.82, 2.24) is 10.6 Å². The van der Waals surface area contributed by atoms with E-state index in [4.69, 9.17) is 11.6 Å². The van der Waals surface area contributed by atoms with Gasteiger partial charge in [0.1, 0.15) is 6.04 Å². The first-order valence-electron chi connectivity index (χ1n) is 6.64. The normalized spacial score (nSPS) is 13.7. The molecule has 0 aliphatic heterocycles. The van der Waals surface area contributed by atoms with Crippen molar-refractivity contribution in [3.05, 3.63) is 34.9 Å². The number of benzene rings is 1. The molecular formula is C15H21ClN2O2. The molecule has 1 rings (SSSR count). The Hall–Kier alpha value is -1.55. The molecule has 0 aromatic heterocycles. The van der Waals surface area contributed by atoms with Gasteiger partial charge in [-0.2, -0.15) is 0 Å². The maximum absolute atomic E-state index is 12.2. The first-order valence-corrected chi connectivity index (χ1v) is 7.02. The molecule has 2 N–H and O–H groups in total. The highest BCUT2D eigenvalue weighted by Gasteiger charge is 2.24. The van der Waals surface area contributed by atoms with Gasteiger partial charge < -0.3 is 10.6 Å². The van der Waals surface area contributed by atoms with E-state index in [1.54, 1.807) is 6.07 Å². The van der Waals surface area contributed by atoms with Crippen molar-refractivity contribution < 1.29 is 9.59 Å². The van der Waals surface area contributed by atoms with Crippen molar-refractivity contribution in [3.63, 3.8) is 0 Å². The molecule has 1 aromatic carbocycles. The van der Waals surface area contributed by atoms with Crippen LogP contribution in [0.4, 0.5) is 0 Å². The summed E-state index contributed by atoms with van der Waals surface area (Å²) in [6, 6.07) is 6.61. The molecule has 2 amide bonds. The van der Waals surface area contributed by atoms with Crippen molar-refractivity contribution >= 4 is 23.4 Å². The number of hydrogen-bond donors (Lipinski definition) is 2. The molecule has 0 unspecified atom stereocenters. The van der Waals surface area contributed by atoms with Gasteiger partial charge in [0.15, 0.2) is 0 Å². The Kier molecular flexibility index (Phi) is 6.02. The zero-order valence-corrected chi connectivity index (χ0v) is 13.0. The van der Waals surface area contributed by atoms with E-state index in [0.717, 1.165) is 5.56 Å². The smallest absolute Gasteiger partial charge is 0.243 e. The van der Waals surface area contributed by atoms with E-state index in [0.29, 0.717) is 5.02 Å². The Morgan fingerprint density at radius 3 is 2.20 bits per heavy atom. The fourth-order valence-corrected chi connectivity index (χ4v) is 2.26. The summed E-state index contributed by atoms with van der Waals surface area (Å²) in [5, 5.41) is 6.16. The molecule has 0 saturated carbocycles. The Labute approximate surface area is 124 Å². The highest BCUT2D eigenvalue weighted by atomic mass is 35.5. The second kappa shape index (κ2) is 7.29. The van der Waals surface area contributed by atoms with Crippen LogP contribution in [0.15, 0.2) is 24.3 Å². The van der Waals surface area contributed by atoms with Crippen LogP contribution in [0.5, 0.6) is 0 Å². The first-order chi connectivity index (χ1) is 9.32. The van der Waals surface area contributed by atoms with Crippen LogP contribution in [0.2, 0.25) is 5.02 Å². The Morgan fingerprint density at radius 2 is 1.70 bits per heavy atom. The third-order valence-electron chi connectivity index (χ3n) is 3.04. The van der Waals surface area contributed by atoms with E-state index in [1.807, 2.05) is 39.0 Å². The Balaban J connectivity index is 2.78. The molecule has 1 aromatic rings. The molecule has 0 saturated heterocycles. The molecule has 0 aliphatic carbocycles. The number of hydrogen-bond acceptors (Lipinski definition) is 2. The Bertz CT molecular complexity index is 489. The van der Waals surface area contributed by atoms with Gasteiger partial charge in [-0.05, 0) is 24.5 Å². The summed E-state index contributed by atoms with van der Waals surface area (Å²) in [6.07, 6.45) is 0. The molecule has 0 aliphatic rings. The van der Waals surface area contributed by atoms with Crippen LogP contribution in [-0.2, 0) is 9.59 Å². The maximum Gasteiger partial charge on any atom is 0.243 e. The molecule has 20 heavy (non-hydrogen) atoms. The SMILES string of the molecule is CC(=O)N[C@@H](C(=O)N[C@H](C)c1ccccc1Cl)C(C)C. The molecular weight excluding hydrogens is 276 g/mol. The largest absolute Gasteiger partial charge is 0.348 e. The molecule has 5 heteroatoms. The maximum atomic E-state index is 12.2. The predicted molar refractivity (Wildman–Crippen MR) is 80.5 cm³/mol. The number of carbonyl (C=O) groups is 2. The monoisotopic (exact) mass is 296 g/mol. The summed E-state index contributed by atoms with van der Waals surface area (Å²) in [6.45, 7) is 7.05. The fourth-order valence-electron chi connectivity index (χ4n) is 1.96. The quantitative estimate of drug-likeness (QED) is 0.877. The lowest BCUT2D eigenvalue weighted by molar-refractivity contribution is -0.129. The van der Waals surface area contributed by atoms with Crippen LogP contribution in [0.25, 0.3) is 0 Å². The van der Waals surface area contributed by atoms with Gasteiger partial charge in [-0.3, -0.25) is 9.59 Å². The predicted octanol–water partition coefficient (Wildman–Crippen LogP) is 2.68. The lowest BCUT2D eigenvalue weighted by Crippen LogP contribution is -2.49. The van der Waals surface area contributed by atoms with Gasteiger partial charge in [-0.25, -0.2) is 0 Å². The lowest BCUT2D eigenvalue weighted by Gasteiger charge is -2.24. The number of rotatable bonds is 5. The Morgan fingerprint density at radius 1 is 1.10 bits per heavy atom. The van der Waals surface area contributed by atoms with E-state index in [-0.39, 0.29) is 23.8 Å². The van der Waals surface area contributed by atoms with E-state index in [1.165, 1.54) is 6.92 Å². The van der Waals surface area contributed by atoms with Crippen molar-refractivity contribution in [2.45, 2.75) is 39.8 Å². The van der Waals surface area contributed by atoms with Gasteiger partial charge in [-0.1, -0.05) is 43.6 Å². The minimum absolute atomic E-state index is 0.0114. The highest BCUT2D eigenvalue weighted by molar-refractivity contribution is 6.31. The molecule has 110 valence electrons. The average molecular weight is 297 g/mol.